The van der Waals surface area contributed by atoms with Gasteiger partial charge in [-0.1, -0.05) is 11.6 Å². The van der Waals surface area contributed by atoms with Crippen molar-refractivity contribution in [2.75, 3.05) is 6.26 Å². The van der Waals surface area contributed by atoms with E-state index in [-0.39, 0.29) is 18.5 Å². The van der Waals surface area contributed by atoms with Gasteiger partial charge in [-0.15, -0.1) is 0 Å². The molecule has 2 rings (SSSR count). The Kier molecular flexibility index (Phi) is 4.28. The zero-order valence-corrected chi connectivity index (χ0v) is 12.9. The van der Waals surface area contributed by atoms with Crippen molar-refractivity contribution < 1.29 is 18.2 Å². The fraction of sp³-hybridized carbons (Fsp3) is 0.400. The lowest BCUT2D eigenvalue weighted by atomic mass is 10.2. The molecule has 0 N–H and O–H groups in total. The summed E-state index contributed by atoms with van der Waals surface area (Å²) in [4.78, 5) is 12.3. The minimum absolute atomic E-state index is 0.000814. The van der Waals surface area contributed by atoms with Crippen LogP contribution in [0.5, 0.6) is 0 Å². The molecule has 1 aromatic heterocycles. The molecule has 108 valence electrons. The van der Waals surface area contributed by atoms with Crippen LogP contribution in [-0.2, 0) is 26.8 Å². The molecule has 2 aromatic rings. The number of carbonyl (C=O) groups is 1. The first-order valence-corrected chi connectivity index (χ1v) is 7.99. The van der Waals surface area contributed by atoms with Gasteiger partial charge in [-0.3, -0.25) is 9.00 Å². The molecule has 20 heavy (non-hydrogen) atoms. The number of aryl methyl sites for hydroxylation is 1. The molecule has 0 aliphatic heterocycles. The van der Waals surface area contributed by atoms with Crippen LogP contribution >= 0.6 is 0 Å². The zero-order valence-electron chi connectivity index (χ0n) is 12.1. The average Bonchev–Trinajstić information content (AvgIpc) is 2.64. The minimum atomic E-state index is -1.22. The second-order valence-corrected chi connectivity index (χ2v) is 6.34. The van der Waals surface area contributed by atoms with E-state index in [0.29, 0.717) is 16.2 Å². The van der Waals surface area contributed by atoms with E-state index in [1.54, 1.807) is 20.1 Å². The van der Waals surface area contributed by atoms with Crippen LogP contribution in [0.3, 0.4) is 0 Å². The molecule has 0 bridgehead atoms. The van der Waals surface area contributed by atoms with Gasteiger partial charge in [0.05, 0.1) is 21.8 Å². The van der Waals surface area contributed by atoms with E-state index in [1.807, 2.05) is 25.1 Å². The predicted octanol–water partition coefficient (Wildman–Crippen LogP) is 2.97. The van der Waals surface area contributed by atoms with E-state index in [9.17, 15) is 9.00 Å². The Bertz CT molecular complexity index is 670. The summed E-state index contributed by atoms with van der Waals surface area (Å²) in [6, 6.07) is 5.68. The minimum Gasteiger partial charge on any atom is -0.463 e. The molecule has 1 heterocycles. The Morgan fingerprint density at radius 1 is 1.40 bits per heavy atom. The fourth-order valence-electron chi connectivity index (χ4n) is 2.11. The number of carbonyl (C=O) groups excluding carboxylic acids is 1. The summed E-state index contributed by atoms with van der Waals surface area (Å²) in [5.74, 6) is 0.0551. The van der Waals surface area contributed by atoms with E-state index in [1.165, 1.54) is 0 Å². The lowest BCUT2D eigenvalue weighted by Crippen LogP contribution is -2.14. The van der Waals surface area contributed by atoms with Crippen LogP contribution in [0.4, 0.5) is 0 Å². The fourth-order valence-corrected chi connectivity index (χ4v) is 3.01. The number of furan rings is 1. The summed E-state index contributed by atoms with van der Waals surface area (Å²) in [5.41, 5.74) is 1.70. The van der Waals surface area contributed by atoms with Gasteiger partial charge >= 0.3 is 5.97 Å². The number of hydrogen-bond donors (Lipinski definition) is 0. The van der Waals surface area contributed by atoms with Crippen LogP contribution in [0.2, 0.25) is 0 Å². The van der Waals surface area contributed by atoms with Crippen LogP contribution in [-0.4, -0.2) is 22.5 Å². The summed E-state index contributed by atoms with van der Waals surface area (Å²) in [6.07, 6.45) is 1.41. The van der Waals surface area contributed by atoms with Crippen molar-refractivity contribution in [3.05, 3.63) is 29.5 Å². The first-order chi connectivity index (χ1) is 9.38. The molecule has 1 aromatic carbocycles. The second-order valence-electron chi connectivity index (χ2n) is 5.02. The van der Waals surface area contributed by atoms with Crippen molar-refractivity contribution in [2.45, 2.75) is 38.2 Å². The van der Waals surface area contributed by atoms with Crippen molar-refractivity contribution in [3.63, 3.8) is 0 Å². The summed E-state index contributed by atoms with van der Waals surface area (Å²) >= 11 is 0. The van der Waals surface area contributed by atoms with Crippen LogP contribution in [0.15, 0.2) is 27.5 Å². The number of hydrogen-bond acceptors (Lipinski definition) is 4. The predicted molar refractivity (Wildman–Crippen MR) is 78.2 cm³/mol. The molecule has 0 aliphatic rings. The SMILES string of the molecule is Cc1ccc2oc(CC(=O)OC(C)C)c(S(C)=O)c2c1. The highest BCUT2D eigenvalue weighted by atomic mass is 32.2. The largest absolute Gasteiger partial charge is 0.463 e. The van der Waals surface area contributed by atoms with E-state index < -0.39 is 10.8 Å². The quantitative estimate of drug-likeness (QED) is 0.813. The maximum atomic E-state index is 12.0. The van der Waals surface area contributed by atoms with Gasteiger partial charge in [0.25, 0.3) is 0 Å². The first-order valence-electron chi connectivity index (χ1n) is 6.43. The molecule has 0 aliphatic carbocycles. The highest BCUT2D eigenvalue weighted by Crippen LogP contribution is 2.30. The average molecular weight is 294 g/mol. The number of esters is 1. The van der Waals surface area contributed by atoms with E-state index in [2.05, 4.69) is 0 Å². The molecule has 0 spiro atoms. The van der Waals surface area contributed by atoms with E-state index >= 15 is 0 Å². The highest BCUT2D eigenvalue weighted by Gasteiger charge is 2.20. The number of fused-ring (bicyclic) bond motifs is 1. The summed E-state index contributed by atoms with van der Waals surface area (Å²) < 4.78 is 22.7. The topological polar surface area (TPSA) is 56.5 Å². The Balaban J connectivity index is 2.45. The van der Waals surface area contributed by atoms with E-state index in [4.69, 9.17) is 9.15 Å². The molecule has 4 nitrogen and oxygen atoms in total. The van der Waals surface area contributed by atoms with Crippen molar-refractivity contribution in [2.24, 2.45) is 0 Å². The third-order valence-electron chi connectivity index (χ3n) is 2.83. The van der Waals surface area contributed by atoms with Gasteiger partial charge in [-0.25, -0.2) is 0 Å². The second kappa shape index (κ2) is 5.79. The monoisotopic (exact) mass is 294 g/mol. The molecule has 5 heteroatoms. The maximum Gasteiger partial charge on any atom is 0.313 e. The van der Waals surface area contributed by atoms with Crippen LogP contribution in [0.1, 0.15) is 25.2 Å². The summed E-state index contributed by atoms with van der Waals surface area (Å²) in [7, 11) is -1.22. The lowest BCUT2D eigenvalue weighted by Gasteiger charge is -2.06. The van der Waals surface area contributed by atoms with Gasteiger partial charge in [-0.05, 0) is 32.9 Å². The van der Waals surface area contributed by atoms with Crippen molar-refractivity contribution in [1.29, 1.82) is 0 Å². The Morgan fingerprint density at radius 2 is 2.10 bits per heavy atom. The molecule has 0 saturated heterocycles. The summed E-state index contributed by atoms with van der Waals surface area (Å²) in [6.45, 7) is 5.54. The molecular weight excluding hydrogens is 276 g/mol. The third kappa shape index (κ3) is 3.10. The zero-order chi connectivity index (χ0) is 14.9. The number of rotatable bonds is 4. The van der Waals surface area contributed by atoms with Gasteiger partial charge in [0.15, 0.2) is 0 Å². The third-order valence-corrected chi connectivity index (χ3v) is 3.85. The van der Waals surface area contributed by atoms with Crippen LogP contribution in [0, 0.1) is 6.92 Å². The van der Waals surface area contributed by atoms with Crippen molar-refractivity contribution in [1.82, 2.24) is 0 Å². The molecule has 0 amide bonds. The standard InChI is InChI=1S/C15H18O4S/c1-9(2)18-14(16)8-13-15(20(4)17)11-7-10(3)5-6-12(11)19-13/h5-7,9H,8H2,1-4H3. The smallest absolute Gasteiger partial charge is 0.313 e. The van der Waals surface area contributed by atoms with Gasteiger partial charge in [-0.2, -0.15) is 0 Å². The Hall–Kier alpha value is -1.62. The number of benzene rings is 1. The van der Waals surface area contributed by atoms with Crippen LogP contribution < -0.4 is 0 Å². The van der Waals surface area contributed by atoms with Crippen LogP contribution in [0.25, 0.3) is 11.0 Å². The molecule has 0 fully saturated rings. The molecule has 1 atom stereocenters. The molecule has 1 unspecified atom stereocenters. The van der Waals surface area contributed by atoms with Crippen molar-refractivity contribution >= 4 is 27.7 Å². The van der Waals surface area contributed by atoms with Gasteiger partial charge in [0.1, 0.15) is 17.8 Å². The molecule has 0 saturated carbocycles. The Labute approximate surface area is 120 Å². The van der Waals surface area contributed by atoms with Gasteiger partial charge in [0.2, 0.25) is 0 Å². The van der Waals surface area contributed by atoms with Gasteiger partial charge in [0, 0.05) is 11.6 Å². The van der Waals surface area contributed by atoms with Gasteiger partial charge < -0.3 is 9.15 Å². The van der Waals surface area contributed by atoms with E-state index in [0.717, 1.165) is 10.9 Å². The number of ether oxygens (including phenoxy) is 1. The maximum absolute atomic E-state index is 12.0. The Morgan fingerprint density at radius 3 is 2.70 bits per heavy atom. The lowest BCUT2D eigenvalue weighted by molar-refractivity contribution is -0.146. The molecule has 0 radical (unpaired) electrons. The van der Waals surface area contributed by atoms with Crippen molar-refractivity contribution in [3.8, 4) is 0 Å². The molecular formula is C15H18O4S. The normalized spacial score (nSPS) is 12.8. The summed E-state index contributed by atoms with van der Waals surface area (Å²) in [5, 5.41) is 0.804. The first kappa shape index (κ1) is 14.8. The highest BCUT2D eigenvalue weighted by molar-refractivity contribution is 7.84.